The predicted molar refractivity (Wildman–Crippen MR) is 72.9 cm³/mol. The molecule has 5 nitrogen and oxygen atoms in total. The minimum atomic E-state index is 0.163. The molecule has 5 heteroatoms. The van der Waals surface area contributed by atoms with E-state index in [2.05, 4.69) is 22.1 Å². The van der Waals surface area contributed by atoms with Gasteiger partial charge in [0.25, 0.3) is 0 Å². The summed E-state index contributed by atoms with van der Waals surface area (Å²) in [6.45, 7) is 0. The van der Waals surface area contributed by atoms with E-state index in [0.717, 1.165) is 11.0 Å². The van der Waals surface area contributed by atoms with Crippen molar-refractivity contribution >= 4 is 11.0 Å². The molecular formula is C15H9N5. The first kappa shape index (κ1) is 11.9. The van der Waals surface area contributed by atoms with Crippen LogP contribution in [0.25, 0.3) is 16.9 Å². The molecule has 94 valence electrons. The number of aromatic nitrogens is 3. The lowest BCUT2D eigenvalue weighted by Gasteiger charge is -2.07. The van der Waals surface area contributed by atoms with Crippen LogP contribution in [0, 0.1) is 22.7 Å². The highest BCUT2D eigenvalue weighted by Crippen LogP contribution is 2.22. The number of imidazole rings is 1. The van der Waals surface area contributed by atoms with Gasteiger partial charge in [-0.25, -0.2) is 9.97 Å². The van der Waals surface area contributed by atoms with Gasteiger partial charge in [-0.1, -0.05) is 12.1 Å². The molecule has 2 heterocycles. The summed E-state index contributed by atoms with van der Waals surface area (Å²) in [7, 11) is 0. The third-order valence-electron chi connectivity index (χ3n) is 2.99. The van der Waals surface area contributed by atoms with Crippen molar-refractivity contribution in [3.05, 3.63) is 54.0 Å². The molecule has 0 unspecified atom stereocenters. The van der Waals surface area contributed by atoms with E-state index in [4.69, 9.17) is 5.26 Å². The Hall–Kier alpha value is -3.18. The van der Waals surface area contributed by atoms with E-state index in [1.54, 1.807) is 22.9 Å². The van der Waals surface area contributed by atoms with Gasteiger partial charge in [0.2, 0.25) is 0 Å². The average Bonchev–Trinajstić information content (AvgIpc) is 2.85. The molecule has 0 saturated heterocycles. The molecule has 3 aromatic rings. The fourth-order valence-electron chi connectivity index (χ4n) is 2.16. The molecule has 0 amide bonds. The minimum Gasteiger partial charge on any atom is -0.278 e. The molecule has 0 fully saturated rings. The van der Waals surface area contributed by atoms with Gasteiger partial charge in [-0.3, -0.25) is 4.57 Å². The minimum absolute atomic E-state index is 0.163. The summed E-state index contributed by atoms with van der Waals surface area (Å²) in [4.78, 5) is 8.72. The Bertz CT molecular complexity index is 864. The maximum atomic E-state index is 9.22. The highest BCUT2D eigenvalue weighted by molar-refractivity contribution is 5.78. The standard InChI is InChI=1S/C15H9N5/c16-8-7-14-19-12-5-1-2-6-13(12)20(14)15-11(10-17)4-3-9-18-15/h1-6,9H,7H2. The van der Waals surface area contributed by atoms with Crippen molar-refractivity contribution in [1.29, 1.82) is 10.5 Å². The zero-order valence-corrected chi connectivity index (χ0v) is 10.5. The lowest BCUT2D eigenvalue weighted by atomic mass is 10.2. The second-order valence-corrected chi connectivity index (χ2v) is 4.17. The number of rotatable bonds is 2. The molecule has 0 aliphatic carbocycles. The maximum absolute atomic E-state index is 9.22. The van der Waals surface area contributed by atoms with Crippen molar-refractivity contribution in [3.8, 4) is 18.0 Å². The summed E-state index contributed by atoms with van der Waals surface area (Å²) < 4.78 is 1.77. The lowest BCUT2D eigenvalue weighted by Crippen LogP contribution is -2.05. The van der Waals surface area contributed by atoms with Crippen LogP contribution in [-0.4, -0.2) is 14.5 Å². The zero-order valence-electron chi connectivity index (χ0n) is 10.5. The zero-order chi connectivity index (χ0) is 13.9. The molecule has 0 aliphatic rings. The third kappa shape index (κ3) is 1.79. The molecule has 2 aromatic heterocycles. The van der Waals surface area contributed by atoms with Crippen molar-refractivity contribution in [2.45, 2.75) is 6.42 Å². The summed E-state index contributed by atoms with van der Waals surface area (Å²) in [6.07, 6.45) is 1.79. The van der Waals surface area contributed by atoms with Crippen molar-refractivity contribution in [2.75, 3.05) is 0 Å². The van der Waals surface area contributed by atoms with E-state index in [1.807, 2.05) is 24.3 Å². The van der Waals surface area contributed by atoms with Gasteiger partial charge >= 0.3 is 0 Å². The molecule has 0 radical (unpaired) electrons. The second kappa shape index (κ2) is 4.83. The number of hydrogen-bond donors (Lipinski definition) is 0. The summed E-state index contributed by atoms with van der Waals surface area (Å²) in [6, 6.07) is 15.2. The molecular weight excluding hydrogens is 250 g/mol. The quantitative estimate of drug-likeness (QED) is 0.707. The average molecular weight is 259 g/mol. The number of nitriles is 2. The van der Waals surface area contributed by atoms with Crippen molar-refractivity contribution in [1.82, 2.24) is 14.5 Å². The smallest absolute Gasteiger partial charge is 0.156 e. The first-order valence-corrected chi connectivity index (χ1v) is 6.04. The molecule has 20 heavy (non-hydrogen) atoms. The van der Waals surface area contributed by atoms with Crippen molar-refractivity contribution in [2.24, 2.45) is 0 Å². The fraction of sp³-hybridized carbons (Fsp3) is 0.0667. The third-order valence-corrected chi connectivity index (χ3v) is 2.99. The number of fused-ring (bicyclic) bond motifs is 1. The van der Waals surface area contributed by atoms with Gasteiger partial charge in [0, 0.05) is 6.20 Å². The number of nitrogens with zero attached hydrogens (tertiary/aromatic N) is 5. The summed E-state index contributed by atoms with van der Waals surface area (Å²) in [5, 5.41) is 18.2. The topological polar surface area (TPSA) is 78.3 Å². The first-order valence-electron chi connectivity index (χ1n) is 6.04. The number of pyridine rings is 1. The van der Waals surface area contributed by atoms with E-state index in [9.17, 15) is 5.26 Å². The van der Waals surface area contributed by atoms with Crippen LogP contribution >= 0.6 is 0 Å². The Labute approximate surface area is 115 Å². The molecule has 3 rings (SSSR count). The van der Waals surface area contributed by atoms with Crippen LogP contribution in [0.4, 0.5) is 0 Å². The van der Waals surface area contributed by atoms with Crippen LogP contribution in [0.3, 0.4) is 0 Å². The van der Waals surface area contributed by atoms with E-state index >= 15 is 0 Å². The van der Waals surface area contributed by atoms with E-state index < -0.39 is 0 Å². The number of hydrogen-bond acceptors (Lipinski definition) is 4. The molecule has 1 aromatic carbocycles. The van der Waals surface area contributed by atoms with Gasteiger partial charge in [0.1, 0.15) is 11.9 Å². The number of benzene rings is 1. The van der Waals surface area contributed by atoms with Crippen LogP contribution < -0.4 is 0 Å². The Kier molecular flexibility index (Phi) is 2.87. The van der Waals surface area contributed by atoms with Crippen LogP contribution in [0.5, 0.6) is 0 Å². The molecule has 0 spiro atoms. The Morgan fingerprint density at radius 3 is 2.75 bits per heavy atom. The largest absolute Gasteiger partial charge is 0.278 e. The number of para-hydroxylation sites is 2. The van der Waals surface area contributed by atoms with E-state index in [1.165, 1.54) is 0 Å². The second-order valence-electron chi connectivity index (χ2n) is 4.17. The Balaban J connectivity index is 2.37. The predicted octanol–water partition coefficient (Wildman–Crippen LogP) is 2.36. The molecule has 0 bridgehead atoms. The monoisotopic (exact) mass is 259 g/mol. The van der Waals surface area contributed by atoms with Crippen LogP contribution in [0.15, 0.2) is 42.6 Å². The van der Waals surface area contributed by atoms with Gasteiger partial charge in [0.05, 0.1) is 29.1 Å². The van der Waals surface area contributed by atoms with Crippen molar-refractivity contribution in [3.63, 3.8) is 0 Å². The van der Waals surface area contributed by atoms with Gasteiger partial charge in [-0.05, 0) is 24.3 Å². The van der Waals surface area contributed by atoms with Gasteiger partial charge in [-0.15, -0.1) is 0 Å². The highest BCUT2D eigenvalue weighted by atomic mass is 15.1. The van der Waals surface area contributed by atoms with E-state index in [0.29, 0.717) is 17.2 Å². The Morgan fingerprint density at radius 2 is 1.95 bits per heavy atom. The van der Waals surface area contributed by atoms with Gasteiger partial charge in [0.15, 0.2) is 5.82 Å². The van der Waals surface area contributed by atoms with E-state index in [-0.39, 0.29) is 6.42 Å². The first-order chi connectivity index (χ1) is 9.85. The summed E-state index contributed by atoms with van der Waals surface area (Å²) in [5.41, 5.74) is 2.08. The Morgan fingerprint density at radius 1 is 1.10 bits per heavy atom. The van der Waals surface area contributed by atoms with Crippen LogP contribution in [-0.2, 0) is 6.42 Å². The van der Waals surface area contributed by atoms with Crippen molar-refractivity contribution < 1.29 is 0 Å². The molecule has 0 atom stereocenters. The highest BCUT2D eigenvalue weighted by Gasteiger charge is 2.15. The summed E-state index contributed by atoms with van der Waals surface area (Å²) in [5.74, 6) is 1.10. The molecule has 0 aliphatic heterocycles. The molecule has 0 saturated carbocycles. The maximum Gasteiger partial charge on any atom is 0.156 e. The normalized spacial score (nSPS) is 10.1. The van der Waals surface area contributed by atoms with Gasteiger partial charge < -0.3 is 0 Å². The fourth-order valence-corrected chi connectivity index (χ4v) is 2.16. The molecule has 0 N–H and O–H groups in total. The summed E-state index contributed by atoms with van der Waals surface area (Å²) >= 11 is 0. The lowest BCUT2D eigenvalue weighted by molar-refractivity contribution is 0.918. The van der Waals surface area contributed by atoms with Crippen LogP contribution in [0.2, 0.25) is 0 Å². The SMILES string of the molecule is N#CCc1nc2ccccc2n1-c1ncccc1C#N. The van der Waals surface area contributed by atoms with Gasteiger partial charge in [-0.2, -0.15) is 10.5 Å². The van der Waals surface area contributed by atoms with Crippen LogP contribution in [0.1, 0.15) is 11.4 Å².